The van der Waals surface area contributed by atoms with Crippen molar-refractivity contribution < 1.29 is 37.1 Å². The van der Waals surface area contributed by atoms with Crippen molar-refractivity contribution in [3.63, 3.8) is 0 Å². The van der Waals surface area contributed by atoms with Crippen LogP contribution in [0.1, 0.15) is 98.5 Å². The predicted octanol–water partition coefficient (Wildman–Crippen LogP) is 7.40. The fourth-order valence-corrected chi connectivity index (χ4v) is 9.68. The molecule has 0 bridgehead atoms. The molecular formula is C46H51ClF3N7O5. The summed E-state index contributed by atoms with van der Waals surface area (Å²) in [6, 6.07) is 8.36. The van der Waals surface area contributed by atoms with Gasteiger partial charge in [-0.15, -0.1) is 0 Å². The van der Waals surface area contributed by atoms with Gasteiger partial charge < -0.3 is 24.3 Å². The molecule has 4 aromatic rings. The number of piperazine rings is 1. The minimum atomic E-state index is -0.761. The second kappa shape index (κ2) is 19.0. The van der Waals surface area contributed by atoms with E-state index in [1.165, 1.54) is 29.4 Å². The molecule has 328 valence electrons. The number of benzene rings is 3. The highest BCUT2D eigenvalue weighted by Crippen LogP contribution is 2.43. The Morgan fingerprint density at radius 2 is 1.65 bits per heavy atom. The summed E-state index contributed by atoms with van der Waals surface area (Å²) < 4.78 is 53.3. The summed E-state index contributed by atoms with van der Waals surface area (Å²) in [5.74, 6) is -2.18. The predicted molar refractivity (Wildman–Crippen MR) is 228 cm³/mol. The van der Waals surface area contributed by atoms with Crippen molar-refractivity contribution in [2.24, 2.45) is 0 Å². The van der Waals surface area contributed by atoms with E-state index in [1.54, 1.807) is 23.1 Å². The van der Waals surface area contributed by atoms with Crippen LogP contribution in [-0.2, 0) is 20.9 Å². The number of aromatic nitrogens is 2. The molecule has 3 saturated heterocycles. The zero-order valence-corrected chi connectivity index (χ0v) is 35.6. The maximum absolute atomic E-state index is 16.4. The molecule has 62 heavy (non-hydrogen) atoms. The monoisotopic (exact) mass is 873 g/mol. The van der Waals surface area contributed by atoms with E-state index in [4.69, 9.17) is 16.3 Å². The van der Waals surface area contributed by atoms with Gasteiger partial charge in [0.15, 0.2) is 5.82 Å². The number of carbonyl (C=O) groups is 4. The summed E-state index contributed by atoms with van der Waals surface area (Å²) in [6.45, 7) is 7.11. The van der Waals surface area contributed by atoms with Gasteiger partial charge in [-0.3, -0.25) is 24.5 Å². The average molecular weight is 874 g/mol. The lowest BCUT2D eigenvalue weighted by Crippen LogP contribution is -2.52. The number of amides is 4. The number of hydrogen-bond acceptors (Lipinski definition) is 9. The first kappa shape index (κ1) is 43.4. The highest BCUT2D eigenvalue weighted by Gasteiger charge is 2.40. The topological polar surface area (TPSA) is 128 Å². The molecule has 8 rings (SSSR count). The van der Waals surface area contributed by atoms with Crippen LogP contribution in [0.2, 0.25) is 5.02 Å². The first-order valence-corrected chi connectivity index (χ1v) is 22.2. The number of anilines is 1. The largest absolute Gasteiger partial charge is 0.493 e. The third kappa shape index (κ3) is 8.96. The second-order valence-corrected chi connectivity index (χ2v) is 17.0. The number of hydrogen-bond donors (Lipinski definition) is 1. The van der Waals surface area contributed by atoms with Gasteiger partial charge in [-0.2, -0.15) is 0 Å². The van der Waals surface area contributed by atoms with E-state index in [-0.39, 0.29) is 76.3 Å². The van der Waals surface area contributed by atoms with Crippen molar-refractivity contribution in [2.75, 3.05) is 57.3 Å². The van der Waals surface area contributed by atoms with Gasteiger partial charge in [0.05, 0.1) is 17.2 Å². The summed E-state index contributed by atoms with van der Waals surface area (Å²) in [7, 11) is 0. The van der Waals surface area contributed by atoms with Crippen molar-refractivity contribution in [1.82, 2.24) is 30.0 Å². The zero-order valence-electron chi connectivity index (χ0n) is 34.9. The van der Waals surface area contributed by atoms with Crippen LogP contribution in [0.15, 0.2) is 42.7 Å². The lowest BCUT2D eigenvalue weighted by molar-refractivity contribution is -0.137. The van der Waals surface area contributed by atoms with E-state index >= 15 is 13.2 Å². The molecule has 16 heteroatoms. The summed E-state index contributed by atoms with van der Waals surface area (Å²) in [5.41, 5.74) is 1.48. The van der Waals surface area contributed by atoms with E-state index in [1.807, 2.05) is 11.8 Å². The van der Waals surface area contributed by atoms with Crippen LogP contribution in [0.4, 0.5) is 19.0 Å². The fraction of sp³-hybridized carbons (Fsp3) is 0.478. The van der Waals surface area contributed by atoms with Crippen LogP contribution in [-0.4, -0.2) is 107 Å². The molecule has 0 saturated carbocycles. The van der Waals surface area contributed by atoms with Crippen molar-refractivity contribution in [3.05, 3.63) is 81.9 Å². The Morgan fingerprint density at radius 3 is 2.40 bits per heavy atom. The zero-order chi connectivity index (χ0) is 43.5. The molecule has 4 aliphatic rings. The van der Waals surface area contributed by atoms with Gasteiger partial charge in [0, 0.05) is 62.1 Å². The number of ether oxygens (including phenoxy) is 1. The molecule has 1 atom stereocenters. The first-order chi connectivity index (χ1) is 30.0. The molecule has 1 unspecified atom stereocenters. The van der Waals surface area contributed by atoms with Crippen LogP contribution in [0, 0.1) is 17.5 Å². The van der Waals surface area contributed by atoms with Gasteiger partial charge in [0.1, 0.15) is 41.1 Å². The molecule has 4 amide bonds. The molecule has 0 spiro atoms. The van der Waals surface area contributed by atoms with Gasteiger partial charge in [-0.05, 0) is 93.0 Å². The Labute approximate surface area is 363 Å². The number of nitrogens with zero attached hydrogens (tertiary/aromatic N) is 6. The summed E-state index contributed by atoms with van der Waals surface area (Å²) in [4.78, 5) is 65.6. The van der Waals surface area contributed by atoms with Gasteiger partial charge in [-0.1, -0.05) is 49.9 Å². The lowest BCUT2D eigenvalue weighted by atomic mass is 9.87. The van der Waals surface area contributed by atoms with Crippen molar-refractivity contribution >= 4 is 52.0 Å². The highest BCUT2D eigenvalue weighted by molar-refractivity contribution is 6.34. The number of nitrogens with one attached hydrogen (secondary N) is 1. The number of piperidine rings is 2. The van der Waals surface area contributed by atoms with Crippen LogP contribution >= 0.6 is 11.6 Å². The molecule has 0 aliphatic carbocycles. The summed E-state index contributed by atoms with van der Waals surface area (Å²) in [5, 5.41) is 2.72. The number of rotatable bonds is 14. The Bertz CT molecular complexity index is 2370. The molecule has 12 nitrogen and oxygen atoms in total. The minimum absolute atomic E-state index is 0.0122. The standard InChI is InChI=1S/C46H51ClF3N7O5/c1-2-39(59)55-18-20-56(21-19-55)44-32-24-33(47)40(42(50)43(32)51-27-52-44)41-34(48)9-8-10-37(41)62-22-7-5-3-4-6-15-54-16-13-28(14-17-54)30-23-29-26-57(46(61)31(29)25-35(30)49)36-11-12-38(58)53-45(36)60/h8-10,23-25,27-28,36H,2-7,11-22,26H2,1H3,(H,53,58,60). The van der Waals surface area contributed by atoms with E-state index in [0.717, 1.165) is 70.1 Å². The van der Waals surface area contributed by atoms with Gasteiger partial charge in [0.25, 0.3) is 5.91 Å². The Balaban J connectivity index is 0.789. The van der Waals surface area contributed by atoms with Crippen molar-refractivity contribution in [3.8, 4) is 16.9 Å². The molecule has 1 aromatic heterocycles. The lowest BCUT2D eigenvalue weighted by Gasteiger charge is -2.35. The third-order valence-corrected chi connectivity index (χ3v) is 13.1. The average Bonchev–Trinajstić information content (AvgIpc) is 3.58. The van der Waals surface area contributed by atoms with Gasteiger partial charge >= 0.3 is 0 Å². The van der Waals surface area contributed by atoms with E-state index < -0.39 is 23.6 Å². The molecule has 0 radical (unpaired) electrons. The Morgan fingerprint density at radius 1 is 0.887 bits per heavy atom. The Hall–Kier alpha value is -5.28. The quantitative estimate of drug-likeness (QED) is 0.102. The van der Waals surface area contributed by atoms with E-state index in [2.05, 4.69) is 20.2 Å². The van der Waals surface area contributed by atoms with Gasteiger partial charge in [0.2, 0.25) is 17.7 Å². The number of carbonyl (C=O) groups excluding carboxylic acids is 4. The molecule has 3 aromatic carbocycles. The molecule has 1 N–H and O–H groups in total. The number of halogens is 4. The molecule has 5 heterocycles. The van der Waals surface area contributed by atoms with Crippen LogP contribution in [0.3, 0.4) is 0 Å². The molecule has 3 fully saturated rings. The van der Waals surface area contributed by atoms with E-state index in [9.17, 15) is 19.2 Å². The Kier molecular flexibility index (Phi) is 13.3. The third-order valence-electron chi connectivity index (χ3n) is 12.8. The number of unbranched alkanes of at least 4 members (excludes halogenated alkanes) is 4. The minimum Gasteiger partial charge on any atom is -0.493 e. The van der Waals surface area contributed by atoms with Crippen LogP contribution < -0.4 is 15.0 Å². The van der Waals surface area contributed by atoms with Crippen LogP contribution in [0.5, 0.6) is 5.75 Å². The second-order valence-electron chi connectivity index (χ2n) is 16.6. The maximum Gasteiger partial charge on any atom is 0.255 e. The summed E-state index contributed by atoms with van der Waals surface area (Å²) in [6.07, 6.45) is 8.43. The summed E-state index contributed by atoms with van der Waals surface area (Å²) >= 11 is 6.73. The van der Waals surface area contributed by atoms with Crippen molar-refractivity contribution in [2.45, 2.75) is 89.6 Å². The maximum atomic E-state index is 16.4. The van der Waals surface area contributed by atoms with Crippen molar-refractivity contribution in [1.29, 1.82) is 0 Å². The number of likely N-dealkylation sites (tertiary alicyclic amines) is 1. The fourth-order valence-electron chi connectivity index (χ4n) is 9.39. The normalized spacial score (nSPS) is 18.8. The molecule has 4 aliphatic heterocycles. The first-order valence-electron chi connectivity index (χ1n) is 21.8. The number of imide groups is 1. The van der Waals surface area contributed by atoms with E-state index in [0.29, 0.717) is 61.5 Å². The van der Waals surface area contributed by atoms with Gasteiger partial charge in [-0.25, -0.2) is 23.1 Å². The smallest absolute Gasteiger partial charge is 0.255 e. The SMILES string of the molecule is CCC(=O)N1CCN(c2ncnc3c(F)c(-c4c(F)cccc4OCCCCCCCN4CCC(c5cc6c(cc5F)C(=O)N(C5CCC(=O)NC5=O)C6)CC4)c(Cl)cc23)CC1. The molecular weight excluding hydrogens is 823 g/mol. The van der Waals surface area contributed by atoms with Crippen LogP contribution in [0.25, 0.3) is 22.0 Å². The highest BCUT2D eigenvalue weighted by atomic mass is 35.5. The number of fused-ring (bicyclic) bond motifs is 2.